The van der Waals surface area contributed by atoms with E-state index in [2.05, 4.69) is 4.98 Å². The summed E-state index contributed by atoms with van der Waals surface area (Å²) in [6, 6.07) is 3.83. The van der Waals surface area contributed by atoms with Crippen molar-refractivity contribution in [2.45, 2.75) is 11.1 Å². The number of aromatic nitrogens is 2. The van der Waals surface area contributed by atoms with Crippen molar-refractivity contribution in [1.82, 2.24) is 9.55 Å². The highest BCUT2D eigenvalue weighted by Gasteiger charge is 2.34. The highest BCUT2D eigenvalue weighted by atomic mass is 32.2. The van der Waals surface area contributed by atoms with Crippen LogP contribution in [0.3, 0.4) is 0 Å². The lowest BCUT2D eigenvalue weighted by atomic mass is 10.1. The van der Waals surface area contributed by atoms with Crippen LogP contribution in [0.4, 0.5) is 0 Å². The molecule has 0 radical (unpaired) electrons. The lowest BCUT2D eigenvalue weighted by Crippen LogP contribution is -2.10. The van der Waals surface area contributed by atoms with E-state index in [1.54, 1.807) is 30.4 Å². The monoisotopic (exact) mass is 318 g/mol. The van der Waals surface area contributed by atoms with Crippen LogP contribution in [0.5, 0.6) is 0 Å². The molecule has 1 atom stereocenters. The first kappa shape index (κ1) is 14.6. The van der Waals surface area contributed by atoms with Gasteiger partial charge in [0.25, 0.3) is 0 Å². The van der Waals surface area contributed by atoms with Gasteiger partial charge in [-0.1, -0.05) is 6.07 Å². The molecule has 2 aromatic heterocycles. The molecule has 1 aliphatic heterocycles. The summed E-state index contributed by atoms with van der Waals surface area (Å²) in [4.78, 5) is 28.1. The van der Waals surface area contributed by atoms with E-state index in [0.29, 0.717) is 5.75 Å². The summed E-state index contributed by atoms with van der Waals surface area (Å²) in [6.07, 6.45) is 5.15. The standard InChI is InChI=1S/C15H14N2O4S/c1-20-14(18)10-7-17-11(12(10)15(19)21-2)8-22-13(17)9-4-3-5-16-6-9/h3-7,13H,8H2,1-2H3/t13-/m1/s1. The second-order valence-electron chi connectivity index (χ2n) is 4.70. The van der Waals surface area contributed by atoms with Gasteiger partial charge >= 0.3 is 11.9 Å². The predicted molar refractivity (Wildman–Crippen MR) is 80.8 cm³/mol. The molecule has 0 N–H and O–H groups in total. The quantitative estimate of drug-likeness (QED) is 0.808. The second-order valence-corrected chi connectivity index (χ2v) is 5.77. The smallest absolute Gasteiger partial charge is 0.340 e. The zero-order valence-corrected chi connectivity index (χ0v) is 12.9. The Balaban J connectivity index is 2.11. The third-order valence-corrected chi connectivity index (χ3v) is 4.79. The Morgan fingerprint density at radius 2 is 2.09 bits per heavy atom. The maximum atomic E-state index is 12.1. The van der Waals surface area contributed by atoms with Gasteiger partial charge < -0.3 is 14.0 Å². The largest absolute Gasteiger partial charge is 0.465 e. The fourth-order valence-electron chi connectivity index (χ4n) is 2.53. The van der Waals surface area contributed by atoms with Crippen molar-refractivity contribution in [3.63, 3.8) is 0 Å². The van der Waals surface area contributed by atoms with Crippen LogP contribution in [0, 0.1) is 0 Å². The summed E-state index contributed by atoms with van der Waals surface area (Å²) in [6.45, 7) is 0. The van der Waals surface area contributed by atoms with Crippen molar-refractivity contribution in [2.75, 3.05) is 14.2 Å². The number of esters is 2. The van der Waals surface area contributed by atoms with Crippen LogP contribution in [0.2, 0.25) is 0 Å². The van der Waals surface area contributed by atoms with E-state index < -0.39 is 11.9 Å². The highest BCUT2D eigenvalue weighted by Crippen LogP contribution is 2.43. The Morgan fingerprint density at radius 3 is 2.73 bits per heavy atom. The van der Waals surface area contributed by atoms with Gasteiger partial charge in [0.2, 0.25) is 0 Å². The summed E-state index contributed by atoms with van der Waals surface area (Å²) in [5, 5.41) is -0.0227. The molecule has 6 nitrogen and oxygen atoms in total. The maximum absolute atomic E-state index is 12.1. The number of hydrogen-bond donors (Lipinski definition) is 0. The third kappa shape index (κ3) is 2.27. The van der Waals surface area contributed by atoms with Crippen LogP contribution in [-0.4, -0.2) is 35.7 Å². The van der Waals surface area contributed by atoms with Crippen molar-refractivity contribution in [1.29, 1.82) is 0 Å². The molecule has 114 valence electrons. The normalized spacial score (nSPS) is 16.2. The number of ether oxygens (including phenoxy) is 2. The van der Waals surface area contributed by atoms with Gasteiger partial charge in [-0.3, -0.25) is 4.98 Å². The lowest BCUT2D eigenvalue weighted by Gasteiger charge is -2.12. The highest BCUT2D eigenvalue weighted by molar-refractivity contribution is 7.99. The van der Waals surface area contributed by atoms with Crippen LogP contribution >= 0.6 is 11.8 Å². The van der Waals surface area contributed by atoms with Gasteiger partial charge in [0.15, 0.2) is 0 Å². The number of pyridine rings is 1. The van der Waals surface area contributed by atoms with Crippen LogP contribution in [0.25, 0.3) is 0 Å². The molecule has 22 heavy (non-hydrogen) atoms. The Kier molecular flexibility index (Phi) is 3.89. The second kappa shape index (κ2) is 5.84. The molecule has 0 unspecified atom stereocenters. The van der Waals surface area contributed by atoms with Crippen LogP contribution < -0.4 is 0 Å². The number of carbonyl (C=O) groups excluding carboxylic acids is 2. The maximum Gasteiger partial charge on any atom is 0.340 e. The Morgan fingerprint density at radius 1 is 1.32 bits per heavy atom. The molecule has 0 bridgehead atoms. The first-order chi connectivity index (χ1) is 10.7. The number of fused-ring (bicyclic) bond motifs is 1. The van der Waals surface area contributed by atoms with E-state index in [0.717, 1.165) is 11.3 Å². The molecule has 7 heteroatoms. The number of methoxy groups -OCH3 is 2. The number of thioether (sulfide) groups is 1. The molecular weight excluding hydrogens is 304 g/mol. The number of nitrogens with zero attached hydrogens (tertiary/aromatic N) is 2. The molecule has 0 saturated heterocycles. The van der Waals surface area contributed by atoms with Gasteiger partial charge in [0.1, 0.15) is 5.37 Å². The van der Waals surface area contributed by atoms with E-state index in [-0.39, 0.29) is 16.5 Å². The number of carbonyl (C=O) groups is 2. The van der Waals surface area contributed by atoms with Gasteiger partial charge in [0.05, 0.1) is 25.3 Å². The fourth-order valence-corrected chi connectivity index (χ4v) is 3.82. The summed E-state index contributed by atoms with van der Waals surface area (Å²) >= 11 is 1.66. The molecule has 0 fully saturated rings. The zero-order valence-electron chi connectivity index (χ0n) is 12.1. The van der Waals surface area contributed by atoms with E-state index in [1.807, 2.05) is 16.7 Å². The molecule has 0 amide bonds. The van der Waals surface area contributed by atoms with Crippen molar-refractivity contribution >= 4 is 23.7 Å². The van der Waals surface area contributed by atoms with E-state index in [4.69, 9.17) is 9.47 Å². The molecule has 3 heterocycles. The van der Waals surface area contributed by atoms with Gasteiger partial charge in [-0.05, 0) is 6.07 Å². The molecular formula is C15H14N2O4S. The zero-order chi connectivity index (χ0) is 15.7. The summed E-state index contributed by atoms with van der Waals surface area (Å²) < 4.78 is 11.5. The van der Waals surface area contributed by atoms with Gasteiger partial charge in [0, 0.05) is 35.6 Å². The Labute approximate surface area is 131 Å². The molecule has 2 aromatic rings. The molecule has 3 rings (SSSR count). The van der Waals surface area contributed by atoms with Crippen LogP contribution in [-0.2, 0) is 15.2 Å². The van der Waals surface area contributed by atoms with Crippen molar-refractivity contribution in [2.24, 2.45) is 0 Å². The van der Waals surface area contributed by atoms with Crippen LogP contribution in [0.1, 0.15) is 37.3 Å². The molecule has 0 aromatic carbocycles. The minimum atomic E-state index is -0.544. The minimum absolute atomic E-state index is 0.0227. The summed E-state index contributed by atoms with van der Waals surface area (Å²) in [5.41, 5.74) is 2.30. The van der Waals surface area contributed by atoms with Crippen molar-refractivity contribution < 1.29 is 19.1 Å². The first-order valence-electron chi connectivity index (χ1n) is 6.59. The molecule has 0 saturated carbocycles. The minimum Gasteiger partial charge on any atom is -0.465 e. The van der Waals surface area contributed by atoms with Gasteiger partial charge in [-0.2, -0.15) is 0 Å². The van der Waals surface area contributed by atoms with Gasteiger partial charge in [-0.15, -0.1) is 11.8 Å². The van der Waals surface area contributed by atoms with E-state index in [9.17, 15) is 9.59 Å². The van der Waals surface area contributed by atoms with Crippen molar-refractivity contribution in [3.8, 4) is 0 Å². The lowest BCUT2D eigenvalue weighted by molar-refractivity contribution is 0.0556. The van der Waals surface area contributed by atoms with E-state index in [1.165, 1.54) is 14.2 Å². The summed E-state index contributed by atoms with van der Waals surface area (Å²) in [7, 11) is 2.59. The SMILES string of the molecule is COC(=O)c1cn2c(c1C(=O)OC)CS[C@@H]2c1cccnc1. The van der Waals surface area contributed by atoms with Crippen molar-refractivity contribution in [3.05, 3.63) is 53.1 Å². The molecule has 0 aliphatic carbocycles. The van der Waals surface area contributed by atoms with Gasteiger partial charge in [-0.25, -0.2) is 9.59 Å². The average molecular weight is 318 g/mol. The fraction of sp³-hybridized carbons (Fsp3) is 0.267. The number of rotatable bonds is 3. The van der Waals surface area contributed by atoms with E-state index >= 15 is 0 Å². The predicted octanol–water partition coefficient (Wildman–Crippen LogP) is 2.25. The Hall–Kier alpha value is -2.28. The average Bonchev–Trinajstić information content (AvgIpc) is 3.13. The number of hydrogen-bond acceptors (Lipinski definition) is 6. The molecule has 1 aliphatic rings. The first-order valence-corrected chi connectivity index (χ1v) is 7.64. The third-order valence-electron chi connectivity index (χ3n) is 3.53. The molecule has 0 spiro atoms. The van der Waals surface area contributed by atoms with Crippen LogP contribution in [0.15, 0.2) is 30.7 Å². The topological polar surface area (TPSA) is 70.4 Å². The summed E-state index contributed by atoms with van der Waals surface area (Å²) in [5.74, 6) is -0.458. The Bertz CT molecular complexity index is 727.